The normalized spacial score (nSPS) is 23.3. The number of aliphatic hydroxyl groups is 1. The van der Waals surface area contributed by atoms with Gasteiger partial charge in [-0.25, -0.2) is 9.31 Å². The molecule has 0 unspecified atom stereocenters. The van der Waals surface area contributed by atoms with E-state index in [1.54, 1.807) is 30.6 Å². The third-order valence-electron chi connectivity index (χ3n) is 5.99. The first-order valence-electron chi connectivity index (χ1n) is 9.70. The number of rotatable bonds is 5. The minimum Gasteiger partial charge on any atom is -0.447 e. The molecule has 0 aromatic carbocycles. The van der Waals surface area contributed by atoms with Crippen molar-refractivity contribution in [3.8, 4) is 0 Å². The molecule has 1 saturated carbocycles. The third kappa shape index (κ3) is 3.87. The maximum atomic E-state index is 12.0. The molecular weight excluding hydrogens is 374 g/mol. The number of primary amides is 1. The number of nitrogens with zero attached hydrogens (tertiary/aromatic N) is 2. The molecule has 1 fully saturated rings. The molecule has 2 aromatic rings. The summed E-state index contributed by atoms with van der Waals surface area (Å²) in [6.45, 7) is 9.33. The smallest absolute Gasteiger partial charge is 0.411 e. The predicted molar refractivity (Wildman–Crippen MR) is 110 cm³/mol. The van der Waals surface area contributed by atoms with Crippen LogP contribution in [-0.2, 0) is 4.74 Å². The van der Waals surface area contributed by atoms with E-state index in [1.165, 1.54) is 6.20 Å². The molecule has 2 aromatic heterocycles. The van der Waals surface area contributed by atoms with Crippen molar-refractivity contribution in [1.82, 2.24) is 9.61 Å². The molecule has 0 aliphatic heterocycles. The molecule has 9 heteroatoms. The Hall–Kier alpha value is -2.81. The molecule has 1 aliphatic carbocycles. The quantitative estimate of drug-likeness (QED) is 0.607. The van der Waals surface area contributed by atoms with Crippen LogP contribution in [0.2, 0.25) is 0 Å². The molecular formula is C20H29N5O4. The summed E-state index contributed by atoms with van der Waals surface area (Å²) in [7, 11) is 0. The van der Waals surface area contributed by atoms with Crippen molar-refractivity contribution < 1.29 is 19.4 Å². The zero-order valence-electron chi connectivity index (χ0n) is 17.4. The van der Waals surface area contributed by atoms with Gasteiger partial charge in [0.15, 0.2) is 0 Å². The minimum atomic E-state index is -0.837. The Morgan fingerprint density at radius 2 is 2.07 bits per heavy atom. The molecule has 0 spiro atoms. The monoisotopic (exact) mass is 403 g/mol. The lowest BCUT2D eigenvalue weighted by atomic mass is 9.76. The fourth-order valence-electron chi connectivity index (χ4n) is 3.74. The van der Waals surface area contributed by atoms with E-state index in [0.29, 0.717) is 23.3 Å². The zero-order chi connectivity index (χ0) is 21.6. The highest BCUT2D eigenvalue weighted by Crippen LogP contribution is 2.47. The number of hydrogen-bond acceptors (Lipinski definition) is 6. The molecule has 0 bridgehead atoms. The van der Waals surface area contributed by atoms with E-state index in [-0.39, 0.29) is 17.7 Å². The summed E-state index contributed by atoms with van der Waals surface area (Å²) < 4.78 is 6.66. The van der Waals surface area contributed by atoms with Crippen LogP contribution in [0.3, 0.4) is 0 Å². The summed E-state index contributed by atoms with van der Waals surface area (Å²) >= 11 is 0. The second-order valence-electron chi connectivity index (χ2n) is 8.67. The summed E-state index contributed by atoms with van der Waals surface area (Å²) in [6.07, 6.45) is 3.57. The lowest BCUT2D eigenvalue weighted by Crippen LogP contribution is -2.45. The fourth-order valence-corrected chi connectivity index (χ4v) is 3.74. The average Bonchev–Trinajstić information content (AvgIpc) is 3.07. The first-order valence-corrected chi connectivity index (χ1v) is 9.70. The number of anilines is 2. The van der Waals surface area contributed by atoms with Crippen LogP contribution in [0.5, 0.6) is 0 Å². The highest BCUT2D eigenvalue weighted by Gasteiger charge is 2.50. The van der Waals surface area contributed by atoms with Gasteiger partial charge in [0.2, 0.25) is 0 Å². The van der Waals surface area contributed by atoms with Crippen LogP contribution in [0, 0.1) is 5.41 Å². The third-order valence-corrected chi connectivity index (χ3v) is 5.99. The Labute approximate surface area is 169 Å². The maximum Gasteiger partial charge on any atom is 0.411 e. The van der Waals surface area contributed by atoms with Crippen LogP contribution in [0.4, 0.5) is 16.2 Å². The largest absolute Gasteiger partial charge is 0.447 e. The van der Waals surface area contributed by atoms with Gasteiger partial charge in [0.1, 0.15) is 0 Å². The molecule has 2 heterocycles. The van der Waals surface area contributed by atoms with Crippen molar-refractivity contribution in [3.63, 3.8) is 0 Å². The van der Waals surface area contributed by atoms with Crippen molar-refractivity contribution in [1.29, 1.82) is 0 Å². The van der Waals surface area contributed by atoms with Crippen LogP contribution in [0.25, 0.3) is 5.52 Å². The van der Waals surface area contributed by atoms with Gasteiger partial charge in [-0.1, -0.05) is 13.8 Å². The molecule has 29 heavy (non-hydrogen) atoms. The highest BCUT2D eigenvalue weighted by molar-refractivity contribution is 6.02. The van der Waals surface area contributed by atoms with Crippen molar-refractivity contribution in [2.24, 2.45) is 11.1 Å². The molecule has 158 valence electrons. The van der Waals surface area contributed by atoms with E-state index in [9.17, 15) is 14.7 Å². The summed E-state index contributed by atoms with van der Waals surface area (Å²) in [4.78, 5) is 23.9. The molecule has 3 rings (SSSR count). The van der Waals surface area contributed by atoms with E-state index < -0.39 is 23.0 Å². The number of amides is 2. The van der Waals surface area contributed by atoms with Gasteiger partial charge < -0.3 is 20.9 Å². The van der Waals surface area contributed by atoms with Gasteiger partial charge in [0.05, 0.1) is 46.6 Å². The number of nitrogens with one attached hydrogen (secondary N) is 2. The standard InChI is InChI=1S/C20H29N5O4/c1-11(2)29-18(27)23-12-8-14-16(13(17(21)26)9-22-25(14)10-12)24-15-6-7-20(5,28)19(15,3)4/h8-11,15,24,28H,6-7H2,1-5H3,(H2,21,26)(H,23,27)/t15-,20-/m1/s1. The van der Waals surface area contributed by atoms with Gasteiger partial charge in [0, 0.05) is 11.5 Å². The maximum absolute atomic E-state index is 12.0. The molecule has 9 nitrogen and oxygen atoms in total. The Morgan fingerprint density at radius 1 is 1.38 bits per heavy atom. The van der Waals surface area contributed by atoms with Crippen LogP contribution < -0.4 is 16.4 Å². The van der Waals surface area contributed by atoms with E-state index in [0.717, 1.165) is 6.42 Å². The fraction of sp³-hybridized carbons (Fsp3) is 0.550. The Morgan fingerprint density at radius 3 is 2.62 bits per heavy atom. The van der Waals surface area contributed by atoms with Gasteiger partial charge in [-0.15, -0.1) is 0 Å². The van der Waals surface area contributed by atoms with Crippen LogP contribution >= 0.6 is 0 Å². The summed E-state index contributed by atoms with van der Waals surface area (Å²) in [5.41, 5.74) is 6.14. The van der Waals surface area contributed by atoms with Gasteiger partial charge in [-0.05, 0) is 39.7 Å². The van der Waals surface area contributed by atoms with Gasteiger partial charge in [0.25, 0.3) is 5.91 Å². The minimum absolute atomic E-state index is 0.0842. The first kappa shape index (κ1) is 20.9. The van der Waals surface area contributed by atoms with Crippen LogP contribution in [-0.4, -0.2) is 44.5 Å². The molecule has 2 atom stereocenters. The van der Waals surface area contributed by atoms with Gasteiger partial charge in [-0.3, -0.25) is 10.1 Å². The number of nitrogens with two attached hydrogens (primary N) is 1. The number of hydrogen-bond donors (Lipinski definition) is 4. The first-order chi connectivity index (χ1) is 13.4. The molecule has 1 aliphatic rings. The summed E-state index contributed by atoms with van der Waals surface area (Å²) in [5, 5.41) is 21.0. The lowest BCUT2D eigenvalue weighted by molar-refractivity contribution is -0.0283. The molecule has 5 N–H and O–H groups in total. The Kier molecular flexibility index (Phi) is 5.20. The Balaban J connectivity index is 1.99. The SMILES string of the molecule is CC(C)OC(=O)Nc1cc2c(N[C@@H]3CC[C@@](C)(O)C3(C)C)c(C(N)=O)cnn2c1. The Bertz CT molecular complexity index is 948. The van der Waals surface area contributed by atoms with E-state index in [4.69, 9.17) is 10.5 Å². The van der Waals surface area contributed by atoms with Gasteiger partial charge in [-0.2, -0.15) is 5.10 Å². The van der Waals surface area contributed by atoms with Crippen molar-refractivity contribution in [2.75, 3.05) is 10.6 Å². The van der Waals surface area contributed by atoms with Crippen molar-refractivity contribution in [3.05, 3.63) is 24.0 Å². The second kappa shape index (κ2) is 7.22. The average molecular weight is 403 g/mol. The van der Waals surface area contributed by atoms with Gasteiger partial charge >= 0.3 is 6.09 Å². The van der Waals surface area contributed by atoms with E-state index in [1.807, 2.05) is 20.8 Å². The number of fused-ring (bicyclic) bond motifs is 1. The van der Waals surface area contributed by atoms with E-state index in [2.05, 4.69) is 15.7 Å². The number of carbonyl (C=O) groups excluding carboxylic acids is 2. The highest BCUT2D eigenvalue weighted by atomic mass is 16.6. The number of aromatic nitrogens is 2. The zero-order valence-corrected chi connectivity index (χ0v) is 17.4. The molecule has 0 radical (unpaired) electrons. The van der Waals surface area contributed by atoms with E-state index >= 15 is 0 Å². The summed E-state index contributed by atoms with van der Waals surface area (Å²) in [6, 6.07) is 1.61. The molecule has 0 saturated heterocycles. The van der Waals surface area contributed by atoms with Crippen molar-refractivity contribution in [2.45, 2.75) is 65.2 Å². The van der Waals surface area contributed by atoms with Crippen LogP contribution in [0.15, 0.2) is 18.5 Å². The predicted octanol–water partition coefficient (Wildman–Crippen LogP) is 2.74. The van der Waals surface area contributed by atoms with Crippen LogP contribution in [0.1, 0.15) is 57.8 Å². The number of carbonyl (C=O) groups is 2. The lowest BCUT2D eigenvalue weighted by Gasteiger charge is -2.38. The summed E-state index contributed by atoms with van der Waals surface area (Å²) in [5.74, 6) is -0.611. The number of ether oxygens (including phenoxy) is 1. The second-order valence-corrected chi connectivity index (χ2v) is 8.67. The topological polar surface area (TPSA) is 131 Å². The molecule has 2 amide bonds. The van der Waals surface area contributed by atoms with Crippen molar-refractivity contribution >= 4 is 28.9 Å².